The van der Waals surface area contributed by atoms with E-state index in [9.17, 15) is 0 Å². The van der Waals surface area contributed by atoms with Crippen LogP contribution in [-0.2, 0) is 21.1 Å². The van der Waals surface area contributed by atoms with Gasteiger partial charge in [-0.25, -0.2) is 24.3 Å². The van der Waals surface area contributed by atoms with Gasteiger partial charge in [0.2, 0.25) is 0 Å². The molecular formula is C40H30N4PtS2. The summed E-state index contributed by atoms with van der Waals surface area (Å²) in [5, 5.41) is 6.32. The second-order valence-corrected chi connectivity index (χ2v) is 12.7. The van der Waals surface area contributed by atoms with Crippen LogP contribution in [0.5, 0.6) is 0 Å². The molecule has 0 aliphatic carbocycles. The Labute approximate surface area is 299 Å². The monoisotopic (exact) mass is 825 g/mol. The zero-order valence-corrected chi connectivity index (χ0v) is 29.3. The number of hydrogen-bond donors (Lipinski definition) is 0. The molecule has 2 aromatic heterocycles. The van der Waals surface area contributed by atoms with Crippen LogP contribution in [0.25, 0.3) is 22.8 Å². The van der Waals surface area contributed by atoms with Crippen LogP contribution in [0.4, 0.5) is 10.0 Å². The minimum absolute atomic E-state index is 0. The van der Waals surface area contributed by atoms with Crippen LogP contribution in [0.3, 0.4) is 0 Å². The fraction of sp³-hybridized carbons (Fsp3) is 0.0500. The van der Waals surface area contributed by atoms with E-state index in [0.29, 0.717) is 0 Å². The molecule has 0 saturated heterocycles. The van der Waals surface area contributed by atoms with Crippen LogP contribution in [0, 0.1) is 25.5 Å². The molecule has 4 heterocycles. The molecule has 0 unspecified atom stereocenters. The maximum Gasteiger partial charge on any atom is 4.00 e. The van der Waals surface area contributed by atoms with Gasteiger partial charge in [-0.05, 0) is 32.3 Å². The molecule has 7 heteroatoms. The Balaban J connectivity index is 0.00000351. The van der Waals surface area contributed by atoms with E-state index in [1.165, 1.54) is 33.6 Å². The van der Waals surface area contributed by atoms with Gasteiger partial charge in [-0.1, -0.05) is 121 Å². The SMILES string of the molecule is [Pt+4].[c-]1ccsc1N1[CH-]N(CCN2[CH-]N(c3[c-]ccs3)C(c3ccccc3)=C2c2ccccc2)C(c2ccccc2)=C1c1ccccc1. The normalized spacial score (nSPS) is 14.7. The second-order valence-electron chi connectivity index (χ2n) is 11.0. The molecular weight excluding hydrogens is 796 g/mol. The Bertz CT molecular complexity index is 1800. The number of nitrogens with zero attached hydrogens (tertiary/aromatic N) is 4. The van der Waals surface area contributed by atoms with Crippen LogP contribution in [0.2, 0.25) is 0 Å². The van der Waals surface area contributed by atoms with E-state index in [-0.39, 0.29) is 21.1 Å². The summed E-state index contributed by atoms with van der Waals surface area (Å²) in [5.74, 6) is 0. The summed E-state index contributed by atoms with van der Waals surface area (Å²) in [6.07, 6.45) is 0. The van der Waals surface area contributed by atoms with E-state index < -0.39 is 0 Å². The zero-order valence-electron chi connectivity index (χ0n) is 25.3. The van der Waals surface area contributed by atoms with Crippen LogP contribution in [0.1, 0.15) is 22.3 Å². The summed E-state index contributed by atoms with van der Waals surface area (Å²) < 4.78 is 0. The molecule has 0 atom stereocenters. The third-order valence-electron chi connectivity index (χ3n) is 8.13. The van der Waals surface area contributed by atoms with Gasteiger partial charge in [0.15, 0.2) is 0 Å². The minimum atomic E-state index is 0. The average Bonchev–Trinajstić information content (AvgIpc) is 3.95. The maximum atomic E-state index is 3.46. The summed E-state index contributed by atoms with van der Waals surface area (Å²) in [6.45, 7) is 6.02. The number of benzene rings is 4. The van der Waals surface area contributed by atoms with Gasteiger partial charge < -0.3 is 19.6 Å². The first-order valence-corrected chi connectivity index (χ1v) is 17.0. The van der Waals surface area contributed by atoms with Crippen molar-refractivity contribution in [3.05, 3.63) is 192 Å². The van der Waals surface area contributed by atoms with Gasteiger partial charge in [0.1, 0.15) is 0 Å². The zero-order chi connectivity index (χ0) is 30.7. The Morgan fingerprint density at radius 1 is 0.447 bits per heavy atom. The molecule has 4 aromatic carbocycles. The molecule has 6 aromatic rings. The molecule has 232 valence electrons. The predicted octanol–water partition coefficient (Wildman–Crippen LogP) is 9.64. The topological polar surface area (TPSA) is 13.0 Å². The third kappa shape index (κ3) is 6.21. The summed E-state index contributed by atoms with van der Waals surface area (Å²) in [4.78, 5) is 9.41. The number of rotatable bonds is 9. The van der Waals surface area contributed by atoms with E-state index in [4.69, 9.17) is 0 Å². The molecule has 0 amide bonds. The Hall–Kier alpha value is -4.35. The number of thiophene rings is 2. The van der Waals surface area contributed by atoms with Crippen molar-refractivity contribution >= 4 is 55.5 Å². The third-order valence-corrected chi connectivity index (χ3v) is 9.75. The molecule has 4 nitrogen and oxygen atoms in total. The molecule has 8 rings (SSSR count). The van der Waals surface area contributed by atoms with Gasteiger partial charge >= 0.3 is 21.1 Å². The van der Waals surface area contributed by atoms with Crippen LogP contribution >= 0.6 is 22.7 Å². The molecule has 2 aliphatic heterocycles. The van der Waals surface area contributed by atoms with Gasteiger partial charge in [-0.3, -0.25) is 22.7 Å². The van der Waals surface area contributed by atoms with Crippen molar-refractivity contribution in [1.29, 1.82) is 0 Å². The first-order chi connectivity index (χ1) is 22.8. The smallest absolute Gasteiger partial charge is 0.500 e. The van der Waals surface area contributed by atoms with Gasteiger partial charge in [0, 0.05) is 35.9 Å². The van der Waals surface area contributed by atoms with Gasteiger partial charge in [-0.2, -0.15) is 24.1 Å². The van der Waals surface area contributed by atoms with Crippen molar-refractivity contribution in [3.63, 3.8) is 0 Å². The largest absolute Gasteiger partial charge is 4.00 e. The minimum Gasteiger partial charge on any atom is -0.500 e. The Morgan fingerprint density at radius 3 is 1.06 bits per heavy atom. The van der Waals surface area contributed by atoms with Crippen molar-refractivity contribution in [2.75, 3.05) is 22.9 Å². The van der Waals surface area contributed by atoms with Gasteiger partial charge in [-0.15, -0.1) is 0 Å². The predicted molar refractivity (Wildman–Crippen MR) is 193 cm³/mol. The van der Waals surface area contributed by atoms with Crippen LogP contribution in [-0.4, -0.2) is 22.9 Å². The van der Waals surface area contributed by atoms with Crippen molar-refractivity contribution in [3.8, 4) is 0 Å². The molecule has 0 saturated carbocycles. The van der Waals surface area contributed by atoms with Gasteiger partial charge in [0.05, 0.1) is 0 Å². The number of hydrogen-bond acceptors (Lipinski definition) is 6. The van der Waals surface area contributed by atoms with Crippen molar-refractivity contribution in [2.45, 2.75) is 0 Å². The molecule has 2 aliphatic rings. The fourth-order valence-electron chi connectivity index (χ4n) is 6.14. The van der Waals surface area contributed by atoms with E-state index in [2.05, 4.69) is 177 Å². The van der Waals surface area contributed by atoms with E-state index in [1.807, 2.05) is 12.1 Å². The Morgan fingerprint density at radius 2 is 0.766 bits per heavy atom. The van der Waals surface area contributed by atoms with E-state index >= 15 is 0 Å². The van der Waals surface area contributed by atoms with Crippen LogP contribution in [0.15, 0.2) is 144 Å². The molecule has 0 N–H and O–H groups in total. The molecule has 0 bridgehead atoms. The summed E-state index contributed by atoms with van der Waals surface area (Å²) in [6, 6.07) is 53.8. The van der Waals surface area contributed by atoms with E-state index in [1.54, 1.807) is 22.7 Å². The molecule has 0 fully saturated rings. The molecule has 0 spiro atoms. The standard InChI is InChI=1S/C40H30N4S2.Pt/c1-5-15-31(16-6-1)37-39(33-19-9-3-10-20-33)43(35-23-13-27-45-35)29-41(37)25-26-42-30-44(36-24-14-28-46-36)40(34-21-11-4-12-22-34)38(42)32-17-7-2-8-18-32;/h1-22,27-30H,25-26H2;/q-4;+4. The number of anilines is 2. The Kier molecular flexibility index (Phi) is 9.43. The molecule has 47 heavy (non-hydrogen) atoms. The quantitative estimate of drug-likeness (QED) is 0.135. The summed E-state index contributed by atoms with van der Waals surface area (Å²) in [5.41, 5.74) is 9.40. The van der Waals surface area contributed by atoms with Gasteiger partial charge in [0.25, 0.3) is 0 Å². The summed E-state index contributed by atoms with van der Waals surface area (Å²) >= 11 is 3.40. The fourth-order valence-corrected chi connectivity index (χ4v) is 7.45. The van der Waals surface area contributed by atoms with Crippen molar-refractivity contribution in [2.24, 2.45) is 0 Å². The van der Waals surface area contributed by atoms with Crippen molar-refractivity contribution in [1.82, 2.24) is 9.80 Å². The van der Waals surface area contributed by atoms with Crippen molar-refractivity contribution < 1.29 is 21.1 Å². The summed E-state index contributed by atoms with van der Waals surface area (Å²) in [7, 11) is 0. The first kappa shape index (κ1) is 31.3. The second kappa shape index (κ2) is 14.2. The maximum absolute atomic E-state index is 3.46. The first-order valence-electron chi connectivity index (χ1n) is 15.3. The van der Waals surface area contributed by atoms with E-state index in [0.717, 1.165) is 34.5 Å². The molecule has 0 radical (unpaired) electrons. The van der Waals surface area contributed by atoms with Crippen LogP contribution < -0.4 is 9.80 Å². The average molecular weight is 826 g/mol.